The molecule has 0 rings (SSSR count). The van der Waals surface area contributed by atoms with Crippen LogP contribution in [0, 0.1) is 0 Å². The van der Waals surface area contributed by atoms with Crippen LogP contribution in [0.3, 0.4) is 0 Å². The Balaban J connectivity index is 3.35. The normalized spacial score (nSPS) is 12.0. The molecule has 0 saturated heterocycles. The summed E-state index contributed by atoms with van der Waals surface area (Å²) in [5.74, 6) is -0.559. The standard InChI is InChI=1S/C67H132O5/c1-3-5-7-9-11-13-15-17-19-21-23-25-27-29-30-31-32-33-34-35-36-38-40-42-44-46-48-50-52-54-56-58-60-62-67(70)72-65(63-68)64-71-66(69)61-59-57-55-53-51-49-47-45-43-41-39-37-28-26-24-22-20-18-16-14-12-10-8-6-4-2/h65,68H,3-64H2,1-2H3. The van der Waals surface area contributed by atoms with Gasteiger partial charge in [-0.25, -0.2) is 0 Å². The highest BCUT2D eigenvalue weighted by molar-refractivity contribution is 5.70. The van der Waals surface area contributed by atoms with Crippen molar-refractivity contribution in [3.8, 4) is 0 Å². The highest BCUT2D eigenvalue weighted by Gasteiger charge is 2.16. The van der Waals surface area contributed by atoms with Gasteiger partial charge in [0.1, 0.15) is 6.61 Å². The number of rotatable bonds is 64. The Morgan fingerprint density at radius 3 is 0.611 bits per heavy atom. The molecular formula is C67H132O5. The van der Waals surface area contributed by atoms with E-state index in [0.29, 0.717) is 12.8 Å². The van der Waals surface area contributed by atoms with Crippen LogP contribution in [0.2, 0.25) is 0 Å². The predicted molar refractivity (Wildman–Crippen MR) is 316 cm³/mol. The maximum absolute atomic E-state index is 12.3. The summed E-state index contributed by atoms with van der Waals surface area (Å²) in [7, 11) is 0. The molecule has 0 aromatic rings. The zero-order valence-corrected chi connectivity index (χ0v) is 49.5. The molecule has 5 heteroatoms. The lowest BCUT2D eigenvalue weighted by Gasteiger charge is -2.15. The summed E-state index contributed by atoms with van der Waals surface area (Å²) in [6.07, 6.45) is 79.9. The Morgan fingerprint density at radius 2 is 0.431 bits per heavy atom. The van der Waals surface area contributed by atoms with Crippen molar-refractivity contribution in [2.24, 2.45) is 0 Å². The van der Waals surface area contributed by atoms with E-state index in [1.807, 2.05) is 0 Å². The fraction of sp³-hybridized carbons (Fsp3) is 0.970. The predicted octanol–water partition coefficient (Wildman–Crippen LogP) is 22.9. The number of esters is 2. The molecular weight excluding hydrogens is 885 g/mol. The van der Waals surface area contributed by atoms with E-state index < -0.39 is 6.10 Å². The molecule has 0 aliphatic carbocycles. The molecule has 0 saturated carbocycles. The van der Waals surface area contributed by atoms with Gasteiger partial charge in [0.25, 0.3) is 0 Å². The second-order valence-electron chi connectivity index (χ2n) is 23.3. The van der Waals surface area contributed by atoms with Crippen molar-refractivity contribution in [1.82, 2.24) is 0 Å². The second-order valence-corrected chi connectivity index (χ2v) is 23.3. The molecule has 0 bridgehead atoms. The molecule has 0 aromatic heterocycles. The molecule has 0 fully saturated rings. The first kappa shape index (κ1) is 70.9. The van der Waals surface area contributed by atoms with Gasteiger partial charge in [0.05, 0.1) is 6.61 Å². The molecule has 0 spiro atoms. The minimum absolute atomic E-state index is 0.0554. The summed E-state index contributed by atoms with van der Waals surface area (Å²) >= 11 is 0. The third kappa shape index (κ3) is 61.4. The number of carbonyl (C=O) groups is 2. The van der Waals surface area contributed by atoms with Crippen molar-refractivity contribution in [3.63, 3.8) is 0 Å². The number of aliphatic hydroxyl groups excluding tert-OH is 1. The molecule has 430 valence electrons. The Hall–Kier alpha value is -1.10. The number of ether oxygens (including phenoxy) is 2. The van der Waals surface area contributed by atoms with E-state index in [-0.39, 0.29) is 25.2 Å². The Kier molecular flexibility index (Phi) is 63.2. The van der Waals surface area contributed by atoms with Gasteiger partial charge in [0.15, 0.2) is 6.10 Å². The fourth-order valence-electron chi connectivity index (χ4n) is 10.9. The number of aliphatic hydroxyl groups is 1. The SMILES string of the molecule is CCCCCCCCCCCCCCCCCCCCCCCCCCCCCCCCCCCC(=O)OC(CO)COC(=O)CCCCCCCCCCCCCCCCCCCCCCCCCCC. The maximum Gasteiger partial charge on any atom is 0.306 e. The summed E-state index contributed by atoms with van der Waals surface area (Å²) in [6.45, 7) is 4.22. The molecule has 72 heavy (non-hydrogen) atoms. The lowest BCUT2D eigenvalue weighted by Crippen LogP contribution is -2.28. The number of carbonyl (C=O) groups excluding carboxylic acids is 2. The Bertz CT molecular complexity index is 1010. The van der Waals surface area contributed by atoms with Gasteiger partial charge in [-0.15, -0.1) is 0 Å². The highest BCUT2D eigenvalue weighted by Crippen LogP contribution is 2.20. The first-order valence-corrected chi connectivity index (χ1v) is 33.6. The molecule has 1 unspecified atom stereocenters. The topological polar surface area (TPSA) is 72.8 Å². The molecule has 0 aliphatic heterocycles. The largest absolute Gasteiger partial charge is 0.462 e. The zero-order valence-electron chi connectivity index (χ0n) is 49.5. The van der Waals surface area contributed by atoms with Crippen molar-refractivity contribution >= 4 is 11.9 Å². The van der Waals surface area contributed by atoms with Crippen molar-refractivity contribution in [1.29, 1.82) is 0 Å². The van der Waals surface area contributed by atoms with Crippen LogP contribution in [-0.2, 0) is 19.1 Å². The number of hydrogen-bond acceptors (Lipinski definition) is 5. The van der Waals surface area contributed by atoms with Crippen LogP contribution in [0.25, 0.3) is 0 Å². The monoisotopic (exact) mass is 1020 g/mol. The third-order valence-corrected chi connectivity index (χ3v) is 15.9. The zero-order chi connectivity index (χ0) is 52.0. The maximum atomic E-state index is 12.3. The molecule has 0 aliphatic rings. The summed E-state index contributed by atoms with van der Waals surface area (Å²) < 4.78 is 10.8. The summed E-state index contributed by atoms with van der Waals surface area (Å²) in [5.41, 5.74) is 0. The molecule has 5 nitrogen and oxygen atoms in total. The molecule has 0 radical (unpaired) electrons. The quantitative estimate of drug-likeness (QED) is 0.0485. The fourth-order valence-corrected chi connectivity index (χ4v) is 10.9. The summed E-state index contributed by atoms with van der Waals surface area (Å²) in [4.78, 5) is 24.6. The van der Waals surface area contributed by atoms with E-state index in [9.17, 15) is 14.7 Å². The van der Waals surface area contributed by atoms with E-state index in [0.717, 1.165) is 32.1 Å². The van der Waals surface area contributed by atoms with E-state index >= 15 is 0 Å². The van der Waals surface area contributed by atoms with Crippen molar-refractivity contribution in [2.75, 3.05) is 13.2 Å². The average molecular weight is 1020 g/mol. The molecule has 1 atom stereocenters. The van der Waals surface area contributed by atoms with Gasteiger partial charge >= 0.3 is 11.9 Å². The van der Waals surface area contributed by atoms with Gasteiger partial charge < -0.3 is 14.6 Å². The van der Waals surface area contributed by atoms with Crippen molar-refractivity contribution in [3.05, 3.63) is 0 Å². The van der Waals surface area contributed by atoms with Crippen molar-refractivity contribution in [2.45, 2.75) is 405 Å². The van der Waals surface area contributed by atoms with Crippen LogP contribution >= 0.6 is 0 Å². The third-order valence-electron chi connectivity index (χ3n) is 15.9. The Morgan fingerprint density at radius 1 is 0.264 bits per heavy atom. The van der Waals surface area contributed by atoms with Gasteiger partial charge in [-0.1, -0.05) is 373 Å². The average Bonchev–Trinajstić information content (AvgIpc) is 3.38. The van der Waals surface area contributed by atoms with E-state index in [1.165, 1.54) is 340 Å². The van der Waals surface area contributed by atoms with Crippen LogP contribution in [0.15, 0.2) is 0 Å². The summed E-state index contributed by atoms with van der Waals surface area (Å²) in [6, 6.07) is 0. The lowest BCUT2D eigenvalue weighted by molar-refractivity contribution is -0.161. The van der Waals surface area contributed by atoms with Crippen LogP contribution in [0.1, 0.15) is 399 Å². The first-order valence-electron chi connectivity index (χ1n) is 33.6. The first-order chi connectivity index (χ1) is 35.6. The van der Waals surface area contributed by atoms with E-state index in [4.69, 9.17) is 9.47 Å². The van der Waals surface area contributed by atoms with Crippen LogP contribution in [0.5, 0.6) is 0 Å². The number of unbranched alkanes of at least 4 members (excludes halogenated alkanes) is 56. The molecule has 0 aromatic carbocycles. The smallest absolute Gasteiger partial charge is 0.306 e. The molecule has 1 N–H and O–H groups in total. The van der Waals surface area contributed by atoms with Crippen LogP contribution < -0.4 is 0 Å². The minimum atomic E-state index is -0.765. The lowest BCUT2D eigenvalue weighted by atomic mass is 10.0. The van der Waals surface area contributed by atoms with Gasteiger partial charge in [0.2, 0.25) is 0 Å². The van der Waals surface area contributed by atoms with E-state index in [1.54, 1.807) is 0 Å². The second kappa shape index (κ2) is 64.2. The van der Waals surface area contributed by atoms with Gasteiger partial charge in [-0.05, 0) is 12.8 Å². The van der Waals surface area contributed by atoms with Gasteiger partial charge in [-0.2, -0.15) is 0 Å². The van der Waals surface area contributed by atoms with Crippen LogP contribution in [0.4, 0.5) is 0 Å². The minimum Gasteiger partial charge on any atom is -0.462 e. The Labute approximate surface area is 452 Å². The highest BCUT2D eigenvalue weighted by atomic mass is 16.6. The van der Waals surface area contributed by atoms with Crippen LogP contribution in [-0.4, -0.2) is 36.4 Å². The van der Waals surface area contributed by atoms with Crippen molar-refractivity contribution < 1.29 is 24.2 Å². The molecule has 0 heterocycles. The van der Waals surface area contributed by atoms with Gasteiger partial charge in [0, 0.05) is 12.8 Å². The van der Waals surface area contributed by atoms with E-state index in [2.05, 4.69) is 13.8 Å². The molecule has 0 amide bonds. The number of hydrogen-bond donors (Lipinski definition) is 1. The summed E-state index contributed by atoms with van der Waals surface area (Å²) in [5, 5.41) is 9.69. The van der Waals surface area contributed by atoms with Gasteiger partial charge in [-0.3, -0.25) is 9.59 Å².